The maximum atomic E-state index is 13.6. The third-order valence-corrected chi connectivity index (χ3v) is 8.40. The van der Waals surface area contributed by atoms with Crippen LogP contribution in [0.5, 0.6) is 0 Å². The Morgan fingerprint density at radius 2 is 1.97 bits per heavy atom. The van der Waals surface area contributed by atoms with Gasteiger partial charge in [0.1, 0.15) is 6.04 Å². The van der Waals surface area contributed by atoms with E-state index < -0.39 is 6.04 Å². The second kappa shape index (κ2) is 12.2. The molecular weight excluding hydrogens is 580 g/mol. The zero-order valence-corrected chi connectivity index (χ0v) is 24.7. The first kappa shape index (κ1) is 27.8. The fraction of sp³-hybridized carbons (Fsp3) is 0.448. The molecule has 1 aliphatic heterocycles. The smallest absolute Gasteiger partial charge is 0.244 e. The van der Waals surface area contributed by atoms with Gasteiger partial charge in [-0.2, -0.15) is 0 Å². The predicted octanol–water partition coefficient (Wildman–Crippen LogP) is 4.32. The molecule has 2 atom stereocenters. The molecule has 2 aromatic heterocycles. The van der Waals surface area contributed by atoms with Crippen LogP contribution < -0.4 is 5.32 Å². The fourth-order valence-corrected chi connectivity index (χ4v) is 6.31. The van der Waals surface area contributed by atoms with Crippen molar-refractivity contribution in [1.29, 1.82) is 0 Å². The molecule has 1 unspecified atom stereocenters. The van der Waals surface area contributed by atoms with Crippen molar-refractivity contribution >= 4 is 39.3 Å². The summed E-state index contributed by atoms with van der Waals surface area (Å²) < 4.78 is 2.95. The monoisotopic (exact) mass is 612 g/mol. The molecule has 0 bridgehead atoms. The number of carbonyl (C=O) groups is 2. The third-order valence-electron chi connectivity index (χ3n) is 7.73. The zero-order valence-electron chi connectivity index (χ0n) is 22.4. The molecular formula is C29H34BrClN6O2. The maximum absolute atomic E-state index is 13.6. The summed E-state index contributed by atoms with van der Waals surface area (Å²) >= 11 is 9.99. The molecule has 2 amide bonds. The van der Waals surface area contributed by atoms with Crippen molar-refractivity contribution < 1.29 is 9.59 Å². The van der Waals surface area contributed by atoms with E-state index in [1.165, 1.54) is 11.1 Å². The normalized spacial score (nSPS) is 19.2. The number of aromatic nitrogens is 3. The minimum atomic E-state index is -0.584. The summed E-state index contributed by atoms with van der Waals surface area (Å²) in [5.41, 5.74) is 5.59. The Labute approximate surface area is 242 Å². The number of pyridine rings is 1. The lowest BCUT2D eigenvalue weighted by atomic mass is 9.95. The number of carbonyl (C=O) groups excluding carboxylic acids is 2. The number of halogens is 2. The highest BCUT2D eigenvalue weighted by atomic mass is 79.9. The number of hydrogen-bond donors (Lipinski definition) is 1. The Morgan fingerprint density at radius 1 is 1.15 bits per heavy atom. The van der Waals surface area contributed by atoms with Crippen molar-refractivity contribution in [1.82, 2.24) is 29.7 Å². The molecule has 1 fully saturated rings. The largest absolute Gasteiger partial charge is 0.352 e. The third kappa shape index (κ3) is 6.05. The van der Waals surface area contributed by atoms with Gasteiger partial charge < -0.3 is 14.8 Å². The van der Waals surface area contributed by atoms with E-state index in [0.29, 0.717) is 44.2 Å². The topological polar surface area (TPSA) is 83.4 Å². The van der Waals surface area contributed by atoms with E-state index in [-0.39, 0.29) is 17.9 Å². The second-order valence-electron chi connectivity index (χ2n) is 10.3. The van der Waals surface area contributed by atoms with Gasteiger partial charge in [-0.1, -0.05) is 24.6 Å². The number of aryl methyl sites for hydroxylation is 3. The standard InChI is InChI=1S/C29H34BrClN6O2/c1-3-4-26(38)37-12-11-35(17-25(37)29(39)33-9-10-36-18-32-15-19(36)2)28-24-8-7-23(31)14-20(24)5-6-21-13-22(30)16-34-27(21)28/h7-8,13-16,18,25,28H,3-6,9-12,17H2,1-2H3,(H,33,39)/t25-,28?/m1/s1. The minimum Gasteiger partial charge on any atom is -0.352 e. The molecule has 3 heterocycles. The first-order valence-electron chi connectivity index (χ1n) is 13.6. The van der Waals surface area contributed by atoms with Crippen LogP contribution in [0, 0.1) is 6.92 Å². The summed E-state index contributed by atoms with van der Waals surface area (Å²) in [5, 5.41) is 3.80. The van der Waals surface area contributed by atoms with Gasteiger partial charge in [-0.05, 0) is 77.0 Å². The summed E-state index contributed by atoms with van der Waals surface area (Å²) in [4.78, 5) is 39.9. The van der Waals surface area contributed by atoms with E-state index in [1.807, 2.05) is 36.7 Å². The van der Waals surface area contributed by atoms with Gasteiger partial charge in [0.25, 0.3) is 0 Å². The average molecular weight is 614 g/mol. The van der Waals surface area contributed by atoms with Gasteiger partial charge in [0.15, 0.2) is 0 Å². The molecule has 1 N–H and O–H groups in total. The minimum absolute atomic E-state index is 0.0262. The van der Waals surface area contributed by atoms with Crippen LogP contribution in [0.15, 0.2) is 47.5 Å². The van der Waals surface area contributed by atoms with Crippen molar-refractivity contribution in [3.05, 3.63) is 80.6 Å². The van der Waals surface area contributed by atoms with Crippen LogP contribution in [0.3, 0.4) is 0 Å². The number of rotatable bonds is 7. The highest BCUT2D eigenvalue weighted by Crippen LogP contribution is 2.38. The highest BCUT2D eigenvalue weighted by Gasteiger charge is 2.40. The Kier molecular flexibility index (Phi) is 8.69. The van der Waals surface area contributed by atoms with Crippen molar-refractivity contribution in [2.75, 3.05) is 26.2 Å². The molecule has 2 aliphatic rings. The number of fused-ring (bicyclic) bond motifs is 2. The van der Waals surface area contributed by atoms with E-state index in [2.05, 4.69) is 43.3 Å². The Morgan fingerprint density at radius 3 is 2.74 bits per heavy atom. The van der Waals surface area contributed by atoms with Crippen LogP contribution >= 0.6 is 27.5 Å². The molecule has 10 heteroatoms. The van der Waals surface area contributed by atoms with Crippen molar-refractivity contribution in [2.45, 2.75) is 58.2 Å². The summed E-state index contributed by atoms with van der Waals surface area (Å²) in [5.74, 6) is -0.103. The van der Waals surface area contributed by atoms with Crippen molar-refractivity contribution in [3.63, 3.8) is 0 Å². The number of amides is 2. The number of hydrogen-bond acceptors (Lipinski definition) is 5. The molecule has 0 spiro atoms. The van der Waals surface area contributed by atoms with Crippen molar-refractivity contribution in [3.8, 4) is 0 Å². The number of benzene rings is 1. The molecule has 0 saturated carbocycles. The van der Waals surface area contributed by atoms with Crippen LogP contribution in [-0.4, -0.2) is 68.4 Å². The fourth-order valence-electron chi connectivity index (χ4n) is 5.74. The summed E-state index contributed by atoms with van der Waals surface area (Å²) in [6, 6.07) is 7.51. The van der Waals surface area contributed by atoms with Gasteiger partial charge in [0.2, 0.25) is 11.8 Å². The molecule has 3 aromatic rings. The van der Waals surface area contributed by atoms with Gasteiger partial charge in [0.05, 0.1) is 18.1 Å². The number of piperazine rings is 1. The summed E-state index contributed by atoms with van der Waals surface area (Å²) in [7, 11) is 0. The van der Waals surface area contributed by atoms with E-state index in [9.17, 15) is 9.59 Å². The van der Waals surface area contributed by atoms with Crippen LogP contribution in [0.25, 0.3) is 0 Å². The molecule has 1 aliphatic carbocycles. The number of imidazole rings is 1. The highest BCUT2D eigenvalue weighted by molar-refractivity contribution is 9.10. The Bertz CT molecular complexity index is 1310. The molecule has 8 nitrogen and oxygen atoms in total. The van der Waals surface area contributed by atoms with Gasteiger partial charge in [0, 0.05) is 66.7 Å². The quantitative estimate of drug-likeness (QED) is 0.429. The summed E-state index contributed by atoms with van der Waals surface area (Å²) in [6.07, 6.45) is 8.31. The first-order valence-corrected chi connectivity index (χ1v) is 14.7. The van der Waals surface area contributed by atoms with Gasteiger partial charge in [-0.3, -0.25) is 19.5 Å². The van der Waals surface area contributed by atoms with Gasteiger partial charge >= 0.3 is 0 Å². The molecule has 39 heavy (non-hydrogen) atoms. The predicted molar refractivity (Wildman–Crippen MR) is 155 cm³/mol. The number of nitrogens with zero attached hydrogens (tertiary/aromatic N) is 5. The van der Waals surface area contributed by atoms with Crippen molar-refractivity contribution in [2.24, 2.45) is 0 Å². The van der Waals surface area contributed by atoms with Crippen LogP contribution in [-0.2, 0) is 29.0 Å². The molecule has 0 radical (unpaired) electrons. The van der Waals surface area contributed by atoms with E-state index in [0.717, 1.165) is 40.7 Å². The molecule has 5 rings (SSSR count). The summed E-state index contributed by atoms with van der Waals surface area (Å²) in [6.45, 7) is 6.63. The van der Waals surface area contributed by atoms with E-state index in [4.69, 9.17) is 16.6 Å². The first-order chi connectivity index (χ1) is 18.9. The lowest BCUT2D eigenvalue weighted by Crippen LogP contribution is -2.61. The number of nitrogens with one attached hydrogen (secondary N) is 1. The van der Waals surface area contributed by atoms with Gasteiger partial charge in [-0.25, -0.2) is 4.98 Å². The van der Waals surface area contributed by atoms with Crippen LogP contribution in [0.2, 0.25) is 5.02 Å². The SMILES string of the molecule is CCCC(=O)N1CCN(C2c3ccc(Cl)cc3CCc3cc(Br)cnc32)C[C@@H]1C(=O)NCCn1cncc1C. The van der Waals surface area contributed by atoms with E-state index >= 15 is 0 Å². The second-order valence-corrected chi connectivity index (χ2v) is 11.7. The van der Waals surface area contributed by atoms with Crippen LogP contribution in [0.1, 0.15) is 53.9 Å². The zero-order chi connectivity index (χ0) is 27.5. The Balaban J connectivity index is 1.44. The van der Waals surface area contributed by atoms with E-state index in [1.54, 1.807) is 17.4 Å². The molecule has 206 valence electrons. The van der Waals surface area contributed by atoms with Crippen LogP contribution in [0.4, 0.5) is 0 Å². The Hall–Kier alpha value is -2.75. The maximum Gasteiger partial charge on any atom is 0.244 e. The molecule has 1 aromatic carbocycles. The molecule has 1 saturated heterocycles. The average Bonchev–Trinajstić information content (AvgIpc) is 3.26. The van der Waals surface area contributed by atoms with Gasteiger partial charge in [-0.15, -0.1) is 0 Å². The lowest BCUT2D eigenvalue weighted by molar-refractivity contribution is -0.144. The lowest BCUT2D eigenvalue weighted by Gasteiger charge is -2.44.